The molecule has 2 aromatic rings. The van der Waals surface area contributed by atoms with Crippen LogP contribution in [0.15, 0.2) is 41.0 Å². The first kappa shape index (κ1) is 13.9. The molecule has 100 valence electrons. The van der Waals surface area contributed by atoms with Crippen molar-refractivity contribution in [3.8, 4) is 0 Å². The van der Waals surface area contributed by atoms with Crippen molar-refractivity contribution in [2.75, 3.05) is 5.32 Å². The molecule has 0 bridgehead atoms. The van der Waals surface area contributed by atoms with E-state index < -0.39 is 0 Å². The van der Waals surface area contributed by atoms with E-state index in [2.05, 4.69) is 12.2 Å². The minimum absolute atomic E-state index is 0.178. The van der Waals surface area contributed by atoms with Crippen LogP contribution in [0, 0.1) is 0 Å². The Morgan fingerprint density at radius 2 is 2.26 bits per heavy atom. The summed E-state index contributed by atoms with van der Waals surface area (Å²) >= 11 is 11.0. The van der Waals surface area contributed by atoms with Crippen LogP contribution < -0.4 is 11.1 Å². The summed E-state index contributed by atoms with van der Waals surface area (Å²) in [5, 5.41) is 4.00. The van der Waals surface area contributed by atoms with Gasteiger partial charge in [-0.15, -0.1) is 0 Å². The van der Waals surface area contributed by atoms with E-state index in [1.807, 2.05) is 24.3 Å². The molecule has 0 aliphatic rings. The highest BCUT2D eigenvalue weighted by molar-refractivity contribution is 7.80. The van der Waals surface area contributed by atoms with E-state index in [1.54, 1.807) is 12.3 Å². The Morgan fingerprint density at radius 3 is 2.89 bits per heavy atom. The lowest BCUT2D eigenvalue weighted by Crippen LogP contribution is -2.21. The topological polar surface area (TPSA) is 51.2 Å². The monoisotopic (exact) mass is 294 g/mol. The fourth-order valence-electron chi connectivity index (χ4n) is 1.90. The summed E-state index contributed by atoms with van der Waals surface area (Å²) in [6.07, 6.45) is 2.44. The van der Waals surface area contributed by atoms with Crippen molar-refractivity contribution in [1.82, 2.24) is 0 Å². The highest BCUT2D eigenvalue weighted by Crippen LogP contribution is 2.22. The standard InChI is InChI=1S/C14H15ClN2OS/c1-9(7-11-3-2-6-18-11)17-13-8-10(15)4-5-12(13)14(16)19/h2-6,8-9,17H,7H2,1H3,(H2,16,19). The van der Waals surface area contributed by atoms with E-state index in [9.17, 15) is 0 Å². The van der Waals surface area contributed by atoms with Gasteiger partial charge in [-0.05, 0) is 37.3 Å². The van der Waals surface area contributed by atoms with Gasteiger partial charge in [-0.1, -0.05) is 23.8 Å². The molecule has 0 saturated heterocycles. The van der Waals surface area contributed by atoms with Crippen molar-refractivity contribution < 1.29 is 4.42 Å². The SMILES string of the molecule is CC(Cc1ccco1)Nc1cc(Cl)ccc1C(N)=S. The molecule has 1 unspecified atom stereocenters. The van der Waals surface area contributed by atoms with Gasteiger partial charge in [0.1, 0.15) is 10.7 Å². The molecule has 1 heterocycles. The lowest BCUT2D eigenvalue weighted by molar-refractivity contribution is 0.498. The molecule has 0 spiro atoms. The highest BCUT2D eigenvalue weighted by Gasteiger charge is 2.10. The maximum absolute atomic E-state index is 6.01. The number of halogens is 1. The summed E-state index contributed by atoms with van der Waals surface area (Å²) in [5.74, 6) is 0.930. The molecule has 0 amide bonds. The van der Waals surface area contributed by atoms with Crippen molar-refractivity contribution in [3.05, 3.63) is 52.9 Å². The lowest BCUT2D eigenvalue weighted by Gasteiger charge is -2.17. The Labute approximate surface area is 122 Å². The van der Waals surface area contributed by atoms with Crippen LogP contribution in [0.1, 0.15) is 18.2 Å². The Hall–Kier alpha value is -1.52. The van der Waals surface area contributed by atoms with E-state index in [1.165, 1.54) is 0 Å². The molecule has 0 aliphatic carbocycles. The summed E-state index contributed by atoms with van der Waals surface area (Å²) in [6.45, 7) is 2.06. The second-order valence-electron chi connectivity index (χ2n) is 4.38. The first-order chi connectivity index (χ1) is 9.06. The van der Waals surface area contributed by atoms with Crippen molar-refractivity contribution >= 4 is 34.5 Å². The van der Waals surface area contributed by atoms with Crippen LogP contribution in [0.4, 0.5) is 5.69 Å². The minimum Gasteiger partial charge on any atom is -0.469 e. The molecule has 3 N–H and O–H groups in total. The van der Waals surface area contributed by atoms with Crippen molar-refractivity contribution in [3.63, 3.8) is 0 Å². The van der Waals surface area contributed by atoms with Gasteiger partial charge >= 0.3 is 0 Å². The molecular formula is C14H15ClN2OS. The number of hydrogen-bond donors (Lipinski definition) is 2. The number of rotatable bonds is 5. The average Bonchev–Trinajstić information content (AvgIpc) is 2.81. The summed E-state index contributed by atoms with van der Waals surface area (Å²) in [6, 6.07) is 9.43. The first-order valence-electron chi connectivity index (χ1n) is 5.94. The maximum Gasteiger partial charge on any atom is 0.106 e. The van der Waals surface area contributed by atoms with Crippen LogP contribution in [0.2, 0.25) is 5.02 Å². The predicted molar refractivity (Wildman–Crippen MR) is 82.8 cm³/mol. The fraction of sp³-hybridized carbons (Fsp3) is 0.214. The van der Waals surface area contributed by atoms with E-state index in [-0.39, 0.29) is 6.04 Å². The fourth-order valence-corrected chi connectivity index (χ4v) is 2.25. The molecule has 0 fully saturated rings. The molecule has 0 aliphatic heterocycles. The van der Waals surface area contributed by atoms with E-state index in [0.717, 1.165) is 23.4 Å². The normalized spacial score (nSPS) is 12.1. The Bertz CT molecular complexity index is 569. The van der Waals surface area contributed by atoms with Gasteiger partial charge in [0.25, 0.3) is 0 Å². The van der Waals surface area contributed by atoms with Crippen LogP contribution in [0.25, 0.3) is 0 Å². The zero-order chi connectivity index (χ0) is 13.8. The summed E-state index contributed by atoms with van der Waals surface area (Å²) < 4.78 is 5.33. The number of nitrogens with one attached hydrogen (secondary N) is 1. The number of benzene rings is 1. The quantitative estimate of drug-likeness (QED) is 0.827. The number of nitrogens with two attached hydrogens (primary N) is 1. The van der Waals surface area contributed by atoms with Crippen molar-refractivity contribution in [2.45, 2.75) is 19.4 Å². The highest BCUT2D eigenvalue weighted by atomic mass is 35.5. The Balaban J connectivity index is 2.13. The third kappa shape index (κ3) is 3.72. The zero-order valence-electron chi connectivity index (χ0n) is 10.5. The molecule has 2 rings (SSSR count). The van der Waals surface area contributed by atoms with Crippen LogP contribution in [-0.2, 0) is 6.42 Å². The predicted octanol–water partition coefficient (Wildman–Crippen LogP) is 3.61. The molecule has 1 aromatic carbocycles. The van der Waals surface area contributed by atoms with Gasteiger partial charge in [0, 0.05) is 28.7 Å². The van der Waals surface area contributed by atoms with Crippen LogP contribution in [0.3, 0.4) is 0 Å². The minimum atomic E-state index is 0.178. The van der Waals surface area contributed by atoms with Gasteiger partial charge in [-0.2, -0.15) is 0 Å². The van der Waals surface area contributed by atoms with Crippen LogP contribution in [-0.4, -0.2) is 11.0 Å². The molecule has 0 radical (unpaired) electrons. The number of hydrogen-bond acceptors (Lipinski definition) is 3. The molecular weight excluding hydrogens is 280 g/mol. The lowest BCUT2D eigenvalue weighted by atomic mass is 10.1. The van der Waals surface area contributed by atoms with Gasteiger partial charge in [-0.25, -0.2) is 0 Å². The van der Waals surface area contributed by atoms with Crippen LogP contribution >= 0.6 is 23.8 Å². The van der Waals surface area contributed by atoms with Crippen molar-refractivity contribution in [2.24, 2.45) is 5.73 Å². The molecule has 19 heavy (non-hydrogen) atoms. The van der Waals surface area contributed by atoms with Crippen molar-refractivity contribution in [1.29, 1.82) is 0 Å². The molecule has 5 heteroatoms. The average molecular weight is 295 g/mol. The van der Waals surface area contributed by atoms with E-state index in [0.29, 0.717) is 10.0 Å². The molecule has 1 atom stereocenters. The molecule has 3 nitrogen and oxygen atoms in total. The second-order valence-corrected chi connectivity index (χ2v) is 5.26. The number of anilines is 1. The summed E-state index contributed by atoms with van der Waals surface area (Å²) in [5.41, 5.74) is 7.35. The van der Waals surface area contributed by atoms with Gasteiger partial charge in [0.15, 0.2) is 0 Å². The van der Waals surface area contributed by atoms with E-state index >= 15 is 0 Å². The maximum atomic E-state index is 6.01. The Morgan fingerprint density at radius 1 is 1.47 bits per heavy atom. The number of thiocarbonyl (C=S) groups is 1. The van der Waals surface area contributed by atoms with Gasteiger partial charge < -0.3 is 15.5 Å². The molecule has 0 saturated carbocycles. The van der Waals surface area contributed by atoms with Gasteiger partial charge in [0.05, 0.1) is 6.26 Å². The Kier molecular flexibility index (Phi) is 4.45. The zero-order valence-corrected chi connectivity index (χ0v) is 12.1. The smallest absolute Gasteiger partial charge is 0.106 e. The second kappa shape index (κ2) is 6.08. The number of furan rings is 1. The van der Waals surface area contributed by atoms with Gasteiger partial charge in [-0.3, -0.25) is 0 Å². The van der Waals surface area contributed by atoms with Gasteiger partial charge in [0.2, 0.25) is 0 Å². The van der Waals surface area contributed by atoms with E-state index in [4.69, 9.17) is 34.0 Å². The molecule has 1 aromatic heterocycles. The third-order valence-corrected chi connectivity index (χ3v) is 3.19. The summed E-state index contributed by atoms with van der Waals surface area (Å²) in [4.78, 5) is 0.351. The first-order valence-corrected chi connectivity index (χ1v) is 6.73. The summed E-state index contributed by atoms with van der Waals surface area (Å²) in [7, 11) is 0. The largest absolute Gasteiger partial charge is 0.469 e. The van der Waals surface area contributed by atoms with Crippen LogP contribution in [0.5, 0.6) is 0 Å². The third-order valence-electron chi connectivity index (χ3n) is 2.74.